The highest BCUT2D eigenvalue weighted by molar-refractivity contribution is 7.89. The second-order valence-corrected chi connectivity index (χ2v) is 8.22. The predicted octanol–water partition coefficient (Wildman–Crippen LogP) is 1.41. The van der Waals surface area contributed by atoms with Gasteiger partial charge >= 0.3 is 0 Å². The SMILES string of the molecule is C[C@@H]1CN(C(=O)c2oc3ccccc3c2CS(C)(=O)=O)CCN1. The molecule has 1 aromatic heterocycles. The van der Waals surface area contributed by atoms with Gasteiger partial charge in [-0.1, -0.05) is 18.2 Å². The standard InChI is InChI=1S/C16H20N2O4S/c1-11-9-18(8-7-17-11)16(19)15-13(10-23(2,20)21)12-5-3-4-6-14(12)22-15/h3-6,11,17H,7-10H2,1-2H3/t11-/m1/s1. The van der Waals surface area contributed by atoms with Gasteiger partial charge in [0.25, 0.3) is 5.91 Å². The Kier molecular flexibility index (Phi) is 4.16. The molecule has 0 aliphatic carbocycles. The van der Waals surface area contributed by atoms with E-state index in [9.17, 15) is 13.2 Å². The normalized spacial score (nSPS) is 19.2. The van der Waals surface area contributed by atoms with Crippen molar-refractivity contribution in [2.24, 2.45) is 0 Å². The molecule has 1 aliphatic heterocycles. The molecular formula is C16H20N2O4S. The molecule has 0 bridgehead atoms. The highest BCUT2D eigenvalue weighted by atomic mass is 32.2. The Bertz CT molecular complexity index is 841. The predicted molar refractivity (Wildman–Crippen MR) is 88.1 cm³/mol. The van der Waals surface area contributed by atoms with Gasteiger partial charge in [-0.25, -0.2) is 8.42 Å². The van der Waals surface area contributed by atoms with Crippen molar-refractivity contribution < 1.29 is 17.6 Å². The van der Waals surface area contributed by atoms with E-state index in [1.807, 2.05) is 13.0 Å². The fraction of sp³-hybridized carbons (Fsp3) is 0.438. The Morgan fingerprint density at radius 2 is 2.13 bits per heavy atom. The van der Waals surface area contributed by atoms with Crippen molar-refractivity contribution in [2.45, 2.75) is 18.7 Å². The molecule has 0 saturated carbocycles. The van der Waals surface area contributed by atoms with Gasteiger partial charge in [0, 0.05) is 42.9 Å². The van der Waals surface area contributed by atoms with E-state index >= 15 is 0 Å². The molecular weight excluding hydrogens is 316 g/mol. The van der Waals surface area contributed by atoms with Crippen molar-refractivity contribution in [3.63, 3.8) is 0 Å². The molecule has 3 rings (SSSR count). The van der Waals surface area contributed by atoms with Crippen molar-refractivity contribution in [1.29, 1.82) is 0 Å². The number of piperazine rings is 1. The van der Waals surface area contributed by atoms with Gasteiger partial charge in [0.1, 0.15) is 5.58 Å². The summed E-state index contributed by atoms with van der Waals surface area (Å²) in [6.07, 6.45) is 1.16. The maximum absolute atomic E-state index is 12.8. The minimum Gasteiger partial charge on any atom is -0.451 e. The molecule has 0 radical (unpaired) electrons. The van der Waals surface area contributed by atoms with Crippen LogP contribution in [0.25, 0.3) is 11.0 Å². The van der Waals surface area contributed by atoms with Crippen LogP contribution in [0.5, 0.6) is 0 Å². The molecule has 23 heavy (non-hydrogen) atoms. The first kappa shape index (κ1) is 16.0. The van der Waals surface area contributed by atoms with Crippen molar-refractivity contribution in [1.82, 2.24) is 10.2 Å². The van der Waals surface area contributed by atoms with Crippen molar-refractivity contribution in [3.8, 4) is 0 Å². The van der Waals surface area contributed by atoms with E-state index < -0.39 is 9.84 Å². The summed E-state index contributed by atoms with van der Waals surface area (Å²) in [5.74, 6) is -0.300. The second kappa shape index (κ2) is 5.98. The summed E-state index contributed by atoms with van der Waals surface area (Å²) in [5, 5.41) is 3.96. The number of rotatable bonds is 3. The van der Waals surface area contributed by atoms with E-state index in [0.29, 0.717) is 36.2 Å². The van der Waals surface area contributed by atoms with Gasteiger partial charge in [0.15, 0.2) is 15.6 Å². The first-order valence-electron chi connectivity index (χ1n) is 7.56. The summed E-state index contributed by atoms with van der Waals surface area (Å²) >= 11 is 0. The summed E-state index contributed by atoms with van der Waals surface area (Å²) in [4.78, 5) is 14.5. The number of benzene rings is 1. The molecule has 0 spiro atoms. The molecule has 2 heterocycles. The number of hydrogen-bond acceptors (Lipinski definition) is 5. The van der Waals surface area contributed by atoms with Gasteiger partial charge in [0.05, 0.1) is 5.75 Å². The van der Waals surface area contributed by atoms with Gasteiger partial charge < -0.3 is 14.6 Å². The zero-order chi connectivity index (χ0) is 16.6. The van der Waals surface area contributed by atoms with E-state index in [1.54, 1.807) is 23.1 Å². The summed E-state index contributed by atoms with van der Waals surface area (Å²) in [5.41, 5.74) is 0.997. The molecule has 7 heteroatoms. The lowest BCUT2D eigenvalue weighted by Gasteiger charge is -2.31. The van der Waals surface area contributed by atoms with Gasteiger partial charge in [-0.3, -0.25) is 4.79 Å². The fourth-order valence-electron chi connectivity index (χ4n) is 2.94. The van der Waals surface area contributed by atoms with E-state index in [-0.39, 0.29) is 23.5 Å². The number of amides is 1. The molecule has 1 amide bonds. The van der Waals surface area contributed by atoms with E-state index in [4.69, 9.17) is 4.42 Å². The number of fused-ring (bicyclic) bond motifs is 1. The second-order valence-electron chi connectivity index (χ2n) is 6.08. The van der Waals surface area contributed by atoms with Gasteiger partial charge in [0.2, 0.25) is 0 Å². The summed E-state index contributed by atoms with van der Waals surface area (Å²) in [7, 11) is -3.28. The number of sulfone groups is 1. The van der Waals surface area contributed by atoms with Crippen LogP contribution in [0.4, 0.5) is 0 Å². The third-order valence-electron chi connectivity index (χ3n) is 3.96. The molecule has 124 valence electrons. The van der Waals surface area contributed by atoms with Crippen LogP contribution < -0.4 is 5.32 Å². The number of nitrogens with one attached hydrogen (secondary N) is 1. The molecule has 1 aliphatic rings. The minimum absolute atomic E-state index is 0.144. The Hall–Kier alpha value is -1.86. The first-order chi connectivity index (χ1) is 10.8. The zero-order valence-electron chi connectivity index (χ0n) is 13.2. The van der Waals surface area contributed by atoms with E-state index in [1.165, 1.54) is 0 Å². The largest absolute Gasteiger partial charge is 0.451 e. The summed E-state index contributed by atoms with van der Waals surface area (Å²) in [6.45, 7) is 3.89. The minimum atomic E-state index is -3.28. The third-order valence-corrected chi connectivity index (χ3v) is 4.77. The molecule has 1 saturated heterocycles. The smallest absolute Gasteiger partial charge is 0.290 e. The Morgan fingerprint density at radius 3 is 2.83 bits per heavy atom. The third kappa shape index (κ3) is 3.40. The van der Waals surface area contributed by atoms with Crippen molar-refractivity contribution in [2.75, 3.05) is 25.9 Å². The lowest BCUT2D eigenvalue weighted by atomic mass is 10.1. The van der Waals surface area contributed by atoms with Gasteiger partial charge in [-0.05, 0) is 13.0 Å². The maximum Gasteiger partial charge on any atom is 0.290 e. The van der Waals surface area contributed by atoms with Crippen molar-refractivity contribution >= 4 is 26.7 Å². The molecule has 1 aromatic carbocycles. The number of hydrogen-bond donors (Lipinski definition) is 1. The quantitative estimate of drug-likeness (QED) is 0.917. The Balaban J connectivity index is 2.05. The first-order valence-corrected chi connectivity index (χ1v) is 9.62. The van der Waals surface area contributed by atoms with Crippen LogP contribution in [-0.2, 0) is 15.6 Å². The number of nitrogens with zero attached hydrogens (tertiary/aromatic N) is 1. The highest BCUT2D eigenvalue weighted by Gasteiger charge is 2.29. The lowest BCUT2D eigenvalue weighted by molar-refractivity contribution is 0.0678. The topological polar surface area (TPSA) is 79.6 Å². The summed E-state index contributed by atoms with van der Waals surface area (Å²) < 4.78 is 29.3. The molecule has 0 unspecified atom stereocenters. The van der Waals surface area contributed by atoms with Crippen LogP contribution in [0.2, 0.25) is 0 Å². The molecule has 1 N–H and O–H groups in total. The molecule has 1 atom stereocenters. The van der Waals surface area contributed by atoms with Crippen LogP contribution in [0.3, 0.4) is 0 Å². The molecule has 6 nitrogen and oxygen atoms in total. The molecule has 1 fully saturated rings. The van der Waals surface area contributed by atoms with E-state index in [2.05, 4.69) is 5.32 Å². The van der Waals surface area contributed by atoms with Crippen LogP contribution in [0, 0.1) is 0 Å². The monoisotopic (exact) mass is 336 g/mol. The lowest BCUT2D eigenvalue weighted by Crippen LogP contribution is -2.51. The maximum atomic E-state index is 12.8. The van der Waals surface area contributed by atoms with Gasteiger partial charge in [-0.2, -0.15) is 0 Å². The average molecular weight is 336 g/mol. The zero-order valence-corrected chi connectivity index (χ0v) is 14.0. The number of para-hydroxylation sites is 1. The van der Waals surface area contributed by atoms with Gasteiger partial charge in [-0.15, -0.1) is 0 Å². The number of carbonyl (C=O) groups is 1. The van der Waals surface area contributed by atoms with Crippen LogP contribution in [0.1, 0.15) is 23.0 Å². The van der Waals surface area contributed by atoms with Crippen LogP contribution in [0.15, 0.2) is 28.7 Å². The van der Waals surface area contributed by atoms with Crippen LogP contribution >= 0.6 is 0 Å². The Labute approximate surface area is 135 Å². The number of carbonyl (C=O) groups excluding carboxylic acids is 1. The Morgan fingerprint density at radius 1 is 1.39 bits per heavy atom. The van der Waals surface area contributed by atoms with E-state index in [0.717, 1.165) is 6.26 Å². The van der Waals surface area contributed by atoms with Crippen LogP contribution in [-0.4, -0.2) is 51.2 Å². The number of furan rings is 1. The molecule has 2 aromatic rings. The van der Waals surface area contributed by atoms with Crippen molar-refractivity contribution in [3.05, 3.63) is 35.6 Å². The highest BCUT2D eigenvalue weighted by Crippen LogP contribution is 2.28. The fourth-order valence-corrected chi connectivity index (χ4v) is 3.75. The average Bonchev–Trinajstić information content (AvgIpc) is 2.83. The summed E-state index contributed by atoms with van der Waals surface area (Å²) in [6, 6.07) is 7.35.